The molecular weight excluding hydrogens is 451 g/mol. The Morgan fingerprint density at radius 1 is 1.16 bits per heavy atom. The molecular formula is C22H15FN4O3S2. The maximum absolute atomic E-state index is 13.2. The third-order valence-corrected chi connectivity index (χ3v) is 6.47. The van der Waals surface area contributed by atoms with E-state index in [0.717, 1.165) is 0 Å². The van der Waals surface area contributed by atoms with Crippen LogP contribution in [0.5, 0.6) is 5.75 Å². The first kappa shape index (κ1) is 20.4. The minimum atomic E-state index is -0.335. The van der Waals surface area contributed by atoms with Gasteiger partial charge in [-0.05, 0) is 47.8 Å². The molecule has 0 N–H and O–H groups in total. The molecule has 3 aromatic heterocycles. The highest BCUT2D eigenvalue weighted by Gasteiger charge is 2.17. The van der Waals surface area contributed by atoms with Crippen molar-refractivity contribution in [3.8, 4) is 22.8 Å². The molecule has 0 saturated heterocycles. The summed E-state index contributed by atoms with van der Waals surface area (Å²) in [6.45, 7) is 0. The Morgan fingerprint density at radius 2 is 2.00 bits per heavy atom. The number of nitrogens with zero attached hydrogens (tertiary/aromatic N) is 4. The summed E-state index contributed by atoms with van der Waals surface area (Å²) in [7, 11) is 1.58. The van der Waals surface area contributed by atoms with E-state index in [4.69, 9.17) is 9.26 Å². The first-order valence-corrected chi connectivity index (χ1v) is 11.3. The molecule has 5 rings (SSSR count). The molecule has 10 heteroatoms. The molecule has 2 aromatic carbocycles. The molecule has 160 valence electrons. The predicted molar refractivity (Wildman–Crippen MR) is 121 cm³/mol. The summed E-state index contributed by atoms with van der Waals surface area (Å²) >= 11 is 2.67. The number of benzene rings is 2. The fraction of sp³-hybridized carbons (Fsp3) is 0.0909. The third-order valence-electron chi connectivity index (χ3n) is 4.66. The van der Waals surface area contributed by atoms with Gasteiger partial charge in [-0.25, -0.2) is 9.37 Å². The molecule has 0 unspecified atom stereocenters. The van der Waals surface area contributed by atoms with Crippen molar-refractivity contribution in [1.82, 2.24) is 19.7 Å². The SMILES string of the molecule is COc1cccc(-n2c(SCc3nc(-c4ccc(F)cc4)no3)nc3ccsc3c2=O)c1. The van der Waals surface area contributed by atoms with E-state index in [0.29, 0.717) is 49.8 Å². The van der Waals surface area contributed by atoms with Gasteiger partial charge in [0.2, 0.25) is 11.7 Å². The van der Waals surface area contributed by atoms with E-state index in [9.17, 15) is 9.18 Å². The van der Waals surface area contributed by atoms with Crippen LogP contribution < -0.4 is 10.3 Å². The van der Waals surface area contributed by atoms with Crippen LogP contribution in [0.25, 0.3) is 27.3 Å². The number of halogens is 1. The minimum Gasteiger partial charge on any atom is -0.497 e. The molecule has 32 heavy (non-hydrogen) atoms. The highest BCUT2D eigenvalue weighted by atomic mass is 32.2. The van der Waals surface area contributed by atoms with Gasteiger partial charge in [0.05, 0.1) is 24.1 Å². The standard InChI is InChI=1S/C22H15FN4O3S2/c1-29-16-4-2-3-15(11-16)27-21(28)19-17(9-10-31-19)24-22(27)32-12-18-25-20(26-30-18)13-5-7-14(23)8-6-13/h2-11H,12H2,1H3. The van der Waals surface area contributed by atoms with Crippen molar-refractivity contribution in [3.63, 3.8) is 0 Å². The minimum absolute atomic E-state index is 0.154. The topological polar surface area (TPSA) is 83.0 Å². The lowest BCUT2D eigenvalue weighted by molar-refractivity contribution is 0.391. The zero-order valence-corrected chi connectivity index (χ0v) is 18.3. The van der Waals surface area contributed by atoms with E-state index < -0.39 is 0 Å². The first-order chi connectivity index (χ1) is 15.6. The third kappa shape index (κ3) is 3.90. The van der Waals surface area contributed by atoms with Gasteiger partial charge in [0.1, 0.15) is 16.3 Å². The Balaban J connectivity index is 1.49. The maximum Gasteiger partial charge on any atom is 0.276 e. The van der Waals surface area contributed by atoms with Gasteiger partial charge < -0.3 is 9.26 Å². The molecule has 5 aromatic rings. The molecule has 0 fully saturated rings. The zero-order valence-electron chi connectivity index (χ0n) is 16.7. The van der Waals surface area contributed by atoms with Gasteiger partial charge in [0, 0.05) is 11.6 Å². The van der Waals surface area contributed by atoms with Crippen LogP contribution in [0.2, 0.25) is 0 Å². The molecule has 0 aliphatic carbocycles. The van der Waals surface area contributed by atoms with Gasteiger partial charge in [-0.15, -0.1) is 11.3 Å². The summed E-state index contributed by atoms with van der Waals surface area (Å²) in [4.78, 5) is 22.3. The molecule has 0 bridgehead atoms. The van der Waals surface area contributed by atoms with Crippen molar-refractivity contribution in [3.05, 3.63) is 82.0 Å². The van der Waals surface area contributed by atoms with Crippen molar-refractivity contribution in [2.24, 2.45) is 0 Å². The second-order valence-corrected chi connectivity index (χ2v) is 8.54. The second kappa shape index (κ2) is 8.56. The van der Waals surface area contributed by atoms with Crippen LogP contribution >= 0.6 is 23.1 Å². The van der Waals surface area contributed by atoms with E-state index >= 15 is 0 Å². The van der Waals surface area contributed by atoms with Crippen LogP contribution in [0, 0.1) is 5.82 Å². The van der Waals surface area contributed by atoms with Crippen molar-refractivity contribution in [1.29, 1.82) is 0 Å². The zero-order chi connectivity index (χ0) is 22.1. The molecule has 7 nitrogen and oxygen atoms in total. The van der Waals surface area contributed by atoms with Crippen molar-refractivity contribution < 1.29 is 13.7 Å². The number of ether oxygens (including phenoxy) is 1. The normalized spacial score (nSPS) is 11.2. The molecule has 0 spiro atoms. The average Bonchev–Trinajstić information content (AvgIpc) is 3.48. The van der Waals surface area contributed by atoms with Gasteiger partial charge >= 0.3 is 0 Å². The second-order valence-electron chi connectivity index (χ2n) is 6.68. The van der Waals surface area contributed by atoms with Gasteiger partial charge in [-0.1, -0.05) is 23.0 Å². The van der Waals surface area contributed by atoms with Crippen molar-refractivity contribution >= 4 is 33.3 Å². The summed E-state index contributed by atoms with van der Waals surface area (Å²) in [5.41, 5.74) is 1.78. The fourth-order valence-corrected chi connectivity index (χ4v) is 4.73. The number of hydrogen-bond donors (Lipinski definition) is 0. The molecule has 0 amide bonds. The Hall–Kier alpha value is -3.50. The van der Waals surface area contributed by atoms with Crippen LogP contribution in [0.3, 0.4) is 0 Å². The molecule has 0 aliphatic heterocycles. The van der Waals surface area contributed by atoms with Crippen LogP contribution in [-0.2, 0) is 5.75 Å². The average molecular weight is 467 g/mol. The predicted octanol–water partition coefficient (Wildman–Crippen LogP) is 4.94. The van der Waals surface area contributed by atoms with E-state index in [1.807, 2.05) is 29.6 Å². The lowest BCUT2D eigenvalue weighted by atomic mass is 10.2. The van der Waals surface area contributed by atoms with Gasteiger partial charge in [0.25, 0.3) is 5.56 Å². The van der Waals surface area contributed by atoms with Gasteiger partial charge in [-0.3, -0.25) is 9.36 Å². The molecule has 0 aliphatic rings. The van der Waals surface area contributed by atoms with Crippen LogP contribution in [0.4, 0.5) is 4.39 Å². The first-order valence-electron chi connectivity index (χ1n) is 9.48. The smallest absolute Gasteiger partial charge is 0.276 e. The Morgan fingerprint density at radius 3 is 2.81 bits per heavy atom. The van der Waals surface area contributed by atoms with Crippen LogP contribution in [0.15, 0.2) is 74.5 Å². The molecule has 0 atom stereocenters. The van der Waals surface area contributed by atoms with E-state index in [1.54, 1.807) is 29.9 Å². The Kier molecular flexibility index (Phi) is 5.46. The number of thiophene rings is 1. The Labute approximate surface area is 189 Å². The maximum atomic E-state index is 13.2. The summed E-state index contributed by atoms with van der Waals surface area (Å²) in [5, 5.41) is 6.30. The summed E-state index contributed by atoms with van der Waals surface area (Å²) in [5.74, 6) is 1.34. The van der Waals surface area contributed by atoms with Crippen molar-refractivity contribution in [2.75, 3.05) is 7.11 Å². The summed E-state index contributed by atoms with van der Waals surface area (Å²) < 4.78 is 25.9. The molecule has 3 heterocycles. The van der Waals surface area contributed by atoms with E-state index in [1.165, 1.54) is 35.2 Å². The monoisotopic (exact) mass is 466 g/mol. The van der Waals surface area contributed by atoms with E-state index in [2.05, 4.69) is 15.1 Å². The number of thioether (sulfide) groups is 1. The largest absolute Gasteiger partial charge is 0.497 e. The van der Waals surface area contributed by atoms with E-state index in [-0.39, 0.29) is 11.4 Å². The fourth-order valence-electron chi connectivity index (χ4n) is 3.12. The van der Waals surface area contributed by atoms with Crippen LogP contribution in [0.1, 0.15) is 5.89 Å². The molecule has 0 saturated carbocycles. The van der Waals surface area contributed by atoms with Crippen LogP contribution in [-0.4, -0.2) is 26.8 Å². The number of aromatic nitrogens is 4. The van der Waals surface area contributed by atoms with Gasteiger partial charge in [0.15, 0.2) is 5.16 Å². The number of fused-ring (bicyclic) bond motifs is 1. The number of methoxy groups -OCH3 is 1. The number of hydrogen-bond acceptors (Lipinski definition) is 8. The van der Waals surface area contributed by atoms with Crippen molar-refractivity contribution in [2.45, 2.75) is 10.9 Å². The molecule has 0 radical (unpaired) electrons. The highest BCUT2D eigenvalue weighted by molar-refractivity contribution is 7.98. The summed E-state index contributed by atoms with van der Waals surface area (Å²) in [6.07, 6.45) is 0. The highest BCUT2D eigenvalue weighted by Crippen LogP contribution is 2.27. The summed E-state index contributed by atoms with van der Waals surface area (Å²) in [6, 6.07) is 14.9. The lowest BCUT2D eigenvalue weighted by Gasteiger charge is -2.12. The van der Waals surface area contributed by atoms with Gasteiger partial charge in [-0.2, -0.15) is 4.98 Å². The quantitative estimate of drug-likeness (QED) is 0.259. The number of rotatable bonds is 6. The lowest BCUT2D eigenvalue weighted by Crippen LogP contribution is -2.20. The Bertz CT molecular complexity index is 1460.